The van der Waals surface area contributed by atoms with E-state index >= 15 is 0 Å². The van der Waals surface area contributed by atoms with E-state index in [2.05, 4.69) is 58.7 Å². The number of carbonyl (C=O) groups is 1. The highest BCUT2D eigenvalue weighted by Gasteiger charge is 2.59. The molecule has 3 aromatic carbocycles. The van der Waals surface area contributed by atoms with Crippen molar-refractivity contribution in [1.82, 2.24) is 10.2 Å². The van der Waals surface area contributed by atoms with Crippen molar-refractivity contribution < 1.29 is 9.53 Å². The Kier molecular flexibility index (Phi) is 4.66. The Morgan fingerprint density at radius 2 is 1.38 bits per heavy atom. The Morgan fingerprint density at radius 3 is 1.97 bits per heavy atom. The normalized spacial score (nSPS) is 23.4. The third-order valence-corrected chi connectivity index (χ3v) is 5.98. The summed E-state index contributed by atoms with van der Waals surface area (Å²) in [5, 5.41) is 3.46. The van der Waals surface area contributed by atoms with E-state index < -0.39 is 5.72 Å². The van der Waals surface area contributed by atoms with Crippen LogP contribution in [0, 0.1) is 0 Å². The number of hydrogen-bond acceptors (Lipinski definition) is 4. The van der Waals surface area contributed by atoms with E-state index in [9.17, 15) is 4.79 Å². The molecule has 0 radical (unpaired) electrons. The van der Waals surface area contributed by atoms with Crippen molar-refractivity contribution in [3.63, 3.8) is 0 Å². The highest BCUT2D eigenvalue weighted by Crippen LogP contribution is 2.46. The summed E-state index contributed by atoms with van der Waals surface area (Å²) in [7, 11) is 0. The van der Waals surface area contributed by atoms with E-state index in [-0.39, 0.29) is 18.1 Å². The molecule has 0 amide bonds. The van der Waals surface area contributed by atoms with Gasteiger partial charge in [0.05, 0.1) is 0 Å². The minimum atomic E-state index is -0.911. The lowest BCUT2D eigenvalue weighted by molar-refractivity contribution is -0.150. The Balaban J connectivity index is 1.66. The van der Waals surface area contributed by atoms with E-state index in [4.69, 9.17) is 4.74 Å². The van der Waals surface area contributed by atoms with E-state index in [0.29, 0.717) is 6.54 Å². The van der Waals surface area contributed by atoms with Gasteiger partial charge >= 0.3 is 5.97 Å². The zero-order valence-corrected chi connectivity index (χ0v) is 16.2. The van der Waals surface area contributed by atoms with Gasteiger partial charge in [-0.2, -0.15) is 0 Å². The van der Waals surface area contributed by atoms with Crippen LogP contribution in [-0.4, -0.2) is 36.0 Å². The fraction of sp³-hybridized carbons (Fsp3) is 0.240. The lowest BCUT2D eigenvalue weighted by Crippen LogP contribution is -2.62. The molecule has 1 N–H and O–H groups in total. The van der Waals surface area contributed by atoms with Gasteiger partial charge in [0.1, 0.15) is 6.04 Å². The number of nitrogens with one attached hydrogen (secondary N) is 1. The maximum Gasteiger partial charge on any atom is 0.327 e. The van der Waals surface area contributed by atoms with Gasteiger partial charge in [-0.3, -0.25) is 4.79 Å². The lowest BCUT2D eigenvalue weighted by atomic mass is 9.88. The molecule has 0 aromatic heterocycles. The molecule has 2 saturated heterocycles. The van der Waals surface area contributed by atoms with Crippen molar-refractivity contribution >= 4 is 5.97 Å². The number of rotatable bonds is 4. The zero-order chi connectivity index (χ0) is 19.7. The van der Waals surface area contributed by atoms with Crippen LogP contribution in [0.5, 0.6) is 0 Å². The van der Waals surface area contributed by atoms with Gasteiger partial charge in [0.2, 0.25) is 5.72 Å². The number of piperazine rings is 1. The molecular formula is C25H24N2O2. The van der Waals surface area contributed by atoms with Crippen LogP contribution in [0.3, 0.4) is 0 Å². The molecule has 5 rings (SSSR count). The maximum atomic E-state index is 13.1. The zero-order valence-electron chi connectivity index (χ0n) is 16.2. The third-order valence-electron chi connectivity index (χ3n) is 5.98. The number of ether oxygens (including phenoxy) is 1. The maximum absolute atomic E-state index is 13.1. The van der Waals surface area contributed by atoms with Crippen molar-refractivity contribution in [2.75, 3.05) is 13.1 Å². The molecule has 2 aliphatic heterocycles. The van der Waals surface area contributed by atoms with E-state index in [1.165, 1.54) is 5.56 Å². The molecule has 2 unspecified atom stereocenters. The molecule has 2 heterocycles. The molecule has 3 aromatic rings. The van der Waals surface area contributed by atoms with Crippen LogP contribution in [0.1, 0.15) is 16.7 Å². The second-order valence-electron chi connectivity index (χ2n) is 7.72. The van der Waals surface area contributed by atoms with Crippen molar-refractivity contribution in [2.24, 2.45) is 0 Å². The fourth-order valence-corrected chi connectivity index (χ4v) is 4.75. The smallest absolute Gasteiger partial charge is 0.327 e. The molecule has 146 valence electrons. The summed E-state index contributed by atoms with van der Waals surface area (Å²) in [5.41, 5.74) is 2.32. The molecule has 0 aliphatic carbocycles. The van der Waals surface area contributed by atoms with E-state index in [1.54, 1.807) is 0 Å². The van der Waals surface area contributed by atoms with Crippen LogP contribution in [0.25, 0.3) is 0 Å². The Bertz CT molecular complexity index is 936. The summed E-state index contributed by atoms with van der Waals surface area (Å²) in [6.45, 7) is 1.41. The third kappa shape index (κ3) is 3.05. The molecule has 4 heteroatoms. The molecule has 0 spiro atoms. The second-order valence-corrected chi connectivity index (χ2v) is 7.72. The van der Waals surface area contributed by atoms with Crippen LogP contribution >= 0.6 is 0 Å². The van der Waals surface area contributed by atoms with Gasteiger partial charge < -0.3 is 10.1 Å². The molecule has 0 saturated carbocycles. The summed E-state index contributed by atoms with van der Waals surface area (Å²) in [5.74, 6) is -0.164. The first-order valence-electron chi connectivity index (χ1n) is 10.2. The van der Waals surface area contributed by atoms with Crippen LogP contribution in [0.15, 0.2) is 91.0 Å². The van der Waals surface area contributed by atoms with Crippen LogP contribution in [-0.2, 0) is 21.7 Å². The summed E-state index contributed by atoms with van der Waals surface area (Å²) < 4.78 is 6.28. The Hall–Kier alpha value is -2.95. The molecule has 2 fully saturated rings. The first kappa shape index (κ1) is 18.1. The van der Waals surface area contributed by atoms with Crippen molar-refractivity contribution in [3.05, 3.63) is 108 Å². The average Bonchev–Trinajstić information content (AvgIpc) is 3.10. The summed E-state index contributed by atoms with van der Waals surface area (Å²) in [6, 6.07) is 30.6. The van der Waals surface area contributed by atoms with Gasteiger partial charge in [-0.15, -0.1) is 0 Å². The standard InChI is InChI=1S/C25H24N2O2/c28-24-23-18-26-17-22(16-19-10-4-1-5-11-19)27(23)25(29-24,20-12-6-2-7-13-20)21-14-8-3-9-15-21/h1-15,22-23,26H,16-18H2. The lowest BCUT2D eigenvalue weighted by Gasteiger charge is -2.45. The van der Waals surface area contributed by atoms with Crippen LogP contribution in [0.2, 0.25) is 0 Å². The molecule has 29 heavy (non-hydrogen) atoms. The largest absolute Gasteiger partial charge is 0.434 e. The monoisotopic (exact) mass is 384 g/mol. The summed E-state index contributed by atoms with van der Waals surface area (Å²) in [4.78, 5) is 15.4. The second kappa shape index (κ2) is 7.47. The highest BCUT2D eigenvalue weighted by molar-refractivity contribution is 5.80. The molecule has 2 aliphatic rings. The quantitative estimate of drug-likeness (QED) is 0.701. The van der Waals surface area contributed by atoms with E-state index in [0.717, 1.165) is 24.1 Å². The first-order valence-corrected chi connectivity index (χ1v) is 10.2. The minimum Gasteiger partial charge on any atom is -0.434 e. The number of carbonyl (C=O) groups excluding carboxylic acids is 1. The topological polar surface area (TPSA) is 41.6 Å². The highest BCUT2D eigenvalue weighted by atomic mass is 16.6. The summed E-state index contributed by atoms with van der Waals surface area (Å²) in [6.07, 6.45) is 0.850. The van der Waals surface area contributed by atoms with Crippen molar-refractivity contribution in [3.8, 4) is 0 Å². The molecule has 4 nitrogen and oxygen atoms in total. The van der Waals surface area contributed by atoms with Crippen LogP contribution < -0.4 is 5.32 Å². The molecule has 0 bridgehead atoms. The number of nitrogens with zero attached hydrogens (tertiary/aromatic N) is 1. The molecule has 2 atom stereocenters. The Labute approximate surface area is 171 Å². The number of hydrogen-bond donors (Lipinski definition) is 1. The predicted molar refractivity (Wildman–Crippen MR) is 112 cm³/mol. The minimum absolute atomic E-state index is 0.128. The first-order chi connectivity index (χ1) is 14.3. The summed E-state index contributed by atoms with van der Waals surface area (Å²) >= 11 is 0. The van der Waals surface area contributed by atoms with Gasteiger partial charge in [0.25, 0.3) is 0 Å². The van der Waals surface area contributed by atoms with Crippen molar-refractivity contribution in [2.45, 2.75) is 24.2 Å². The van der Waals surface area contributed by atoms with Gasteiger partial charge in [0.15, 0.2) is 0 Å². The molecular weight excluding hydrogens is 360 g/mol. The van der Waals surface area contributed by atoms with E-state index in [1.807, 2.05) is 42.5 Å². The van der Waals surface area contributed by atoms with Crippen molar-refractivity contribution in [1.29, 1.82) is 0 Å². The number of benzene rings is 3. The fourth-order valence-electron chi connectivity index (χ4n) is 4.75. The Morgan fingerprint density at radius 1 is 0.828 bits per heavy atom. The van der Waals surface area contributed by atoms with Gasteiger partial charge in [-0.25, -0.2) is 4.90 Å². The van der Waals surface area contributed by atoms with Gasteiger partial charge in [0, 0.05) is 30.3 Å². The SMILES string of the molecule is O=C1OC(c2ccccc2)(c2ccccc2)N2C(Cc3ccccc3)CNCC12. The predicted octanol–water partition coefficient (Wildman–Crippen LogP) is 3.33. The number of esters is 1. The number of cyclic esters (lactones) is 1. The van der Waals surface area contributed by atoms with Crippen LogP contribution in [0.4, 0.5) is 0 Å². The average molecular weight is 384 g/mol. The van der Waals surface area contributed by atoms with Gasteiger partial charge in [-0.05, 0) is 12.0 Å². The van der Waals surface area contributed by atoms with Gasteiger partial charge in [-0.1, -0.05) is 91.0 Å². The number of fused-ring (bicyclic) bond motifs is 1.